The molecule has 0 saturated carbocycles. The van der Waals surface area contributed by atoms with Crippen LogP contribution >= 0.6 is 27.3 Å². The lowest BCUT2D eigenvalue weighted by Gasteiger charge is -1.97. The van der Waals surface area contributed by atoms with E-state index in [2.05, 4.69) is 38.4 Å². The van der Waals surface area contributed by atoms with Crippen LogP contribution in [0, 0.1) is 0 Å². The Bertz CT molecular complexity index is 546. The van der Waals surface area contributed by atoms with Crippen molar-refractivity contribution in [1.82, 2.24) is 4.98 Å². The minimum absolute atomic E-state index is 0.820. The van der Waals surface area contributed by atoms with Crippen LogP contribution in [-0.4, -0.2) is 10.7 Å². The van der Waals surface area contributed by atoms with Crippen molar-refractivity contribution in [3.8, 4) is 11.3 Å². The highest BCUT2D eigenvalue weighted by molar-refractivity contribution is 9.10. The number of hydrogen-bond acceptors (Lipinski definition) is 4. The highest BCUT2D eigenvalue weighted by atomic mass is 79.9. The smallest absolute Gasteiger partial charge is 0.203 e. The Morgan fingerprint density at radius 1 is 1.39 bits per heavy atom. The van der Waals surface area contributed by atoms with Crippen LogP contribution in [0.2, 0.25) is 0 Å². The fraction of sp³-hybridized carbons (Fsp3) is 0.231. The zero-order valence-electron chi connectivity index (χ0n) is 10.3. The van der Waals surface area contributed by atoms with Crippen molar-refractivity contribution in [2.45, 2.75) is 20.3 Å². The first-order valence-electron chi connectivity index (χ1n) is 5.69. The summed E-state index contributed by atoms with van der Waals surface area (Å²) < 4.78 is 1.07. The van der Waals surface area contributed by atoms with E-state index in [1.54, 1.807) is 11.3 Å². The van der Waals surface area contributed by atoms with Crippen LogP contribution in [0.4, 0.5) is 5.13 Å². The molecule has 0 bridgehead atoms. The highest BCUT2D eigenvalue weighted by Gasteiger charge is 2.03. The second-order valence-corrected chi connectivity index (χ2v) is 5.63. The monoisotopic (exact) mass is 323 g/mol. The first kappa shape index (κ1) is 13.2. The average molecular weight is 324 g/mol. The molecule has 0 atom stereocenters. The fourth-order valence-corrected chi connectivity index (χ4v) is 2.23. The Hall–Kier alpha value is -1.20. The molecule has 0 spiro atoms. The van der Waals surface area contributed by atoms with E-state index in [1.807, 2.05) is 36.6 Å². The van der Waals surface area contributed by atoms with Crippen molar-refractivity contribution in [3.63, 3.8) is 0 Å². The lowest BCUT2D eigenvalue weighted by molar-refractivity contribution is 1.20. The lowest BCUT2D eigenvalue weighted by Crippen LogP contribution is -1.95. The summed E-state index contributed by atoms with van der Waals surface area (Å²) in [5.41, 5.74) is 6.13. The third kappa shape index (κ3) is 3.40. The molecular weight excluding hydrogens is 310 g/mol. The van der Waals surface area contributed by atoms with E-state index < -0.39 is 0 Å². The standard InChI is InChI=1S/C13H14BrN3S/c1-3-9(2)16-17-13-15-12(8-18-13)10-4-6-11(14)7-5-10/h4-8H,3H2,1-2H3,(H,15,17). The van der Waals surface area contributed by atoms with Crippen LogP contribution in [0.15, 0.2) is 39.2 Å². The number of thiazole rings is 1. The maximum absolute atomic E-state index is 4.50. The minimum Gasteiger partial charge on any atom is -0.253 e. The molecule has 0 fully saturated rings. The van der Waals surface area contributed by atoms with Gasteiger partial charge in [-0.2, -0.15) is 5.10 Å². The van der Waals surface area contributed by atoms with Crippen molar-refractivity contribution in [2.75, 3.05) is 5.43 Å². The maximum Gasteiger partial charge on any atom is 0.203 e. The normalized spacial score (nSPS) is 11.6. The van der Waals surface area contributed by atoms with Gasteiger partial charge in [-0.15, -0.1) is 11.3 Å². The van der Waals surface area contributed by atoms with E-state index in [0.29, 0.717) is 0 Å². The molecular formula is C13H14BrN3S. The molecule has 0 saturated heterocycles. The first-order valence-corrected chi connectivity index (χ1v) is 7.37. The third-order valence-corrected chi connectivity index (χ3v) is 3.77. The molecule has 3 nitrogen and oxygen atoms in total. The number of halogens is 1. The zero-order chi connectivity index (χ0) is 13.0. The van der Waals surface area contributed by atoms with Crippen molar-refractivity contribution in [3.05, 3.63) is 34.1 Å². The summed E-state index contributed by atoms with van der Waals surface area (Å²) in [5, 5.41) is 7.09. The predicted molar refractivity (Wildman–Crippen MR) is 82.3 cm³/mol. The molecule has 1 aromatic carbocycles. The molecule has 2 rings (SSSR count). The second-order valence-electron chi connectivity index (χ2n) is 3.86. The lowest BCUT2D eigenvalue weighted by atomic mass is 10.2. The second kappa shape index (κ2) is 6.11. The molecule has 0 amide bonds. The first-order chi connectivity index (χ1) is 8.69. The van der Waals surface area contributed by atoms with Crippen LogP contribution in [0.5, 0.6) is 0 Å². The third-order valence-electron chi connectivity index (χ3n) is 2.50. The molecule has 0 aliphatic rings. The van der Waals surface area contributed by atoms with Gasteiger partial charge in [0.25, 0.3) is 0 Å². The van der Waals surface area contributed by atoms with Crippen molar-refractivity contribution < 1.29 is 0 Å². The number of benzene rings is 1. The molecule has 2 aromatic rings. The van der Waals surface area contributed by atoms with Gasteiger partial charge in [-0.1, -0.05) is 35.0 Å². The molecule has 0 unspecified atom stereocenters. The number of hydrogen-bond donors (Lipinski definition) is 1. The predicted octanol–water partition coefficient (Wildman–Crippen LogP) is 4.77. The Morgan fingerprint density at radius 3 is 2.78 bits per heavy atom. The quantitative estimate of drug-likeness (QED) is 0.650. The number of hydrazone groups is 1. The van der Waals surface area contributed by atoms with Crippen molar-refractivity contribution in [1.29, 1.82) is 0 Å². The van der Waals surface area contributed by atoms with Crippen LogP contribution in [-0.2, 0) is 0 Å². The summed E-state index contributed by atoms with van der Waals surface area (Å²) in [6.07, 6.45) is 0.942. The Kier molecular flexibility index (Phi) is 4.49. The van der Waals surface area contributed by atoms with E-state index in [0.717, 1.165) is 33.0 Å². The molecule has 1 heterocycles. The summed E-state index contributed by atoms with van der Waals surface area (Å²) >= 11 is 4.98. The molecule has 94 valence electrons. The number of anilines is 1. The van der Waals surface area contributed by atoms with Gasteiger partial charge in [-0.3, -0.25) is 5.43 Å². The van der Waals surface area contributed by atoms with Crippen LogP contribution in [0.1, 0.15) is 20.3 Å². The van der Waals surface area contributed by atoms with Crippen LogP contribution < -0.4 is 5.43 Å². The van der Waals surface area contributed by atoms with E-state index in [4.69, 9.17) is 0 Å². The van der Waals surface area contributed by atoms with Gasteiger partial charge in [-0.25, -0.2) is 4.98 Å². The van der Waals surface area contributed by atoms with Gasteiger partial charge in [0.05, 0.1) is 5.69 Å². The molecule has 0 aliphatic carbocycles. The molecule has 18 heavy (non-hydrogen) atoms. The highest BCUT2D eigenvalue weighted by Crippen LogP contribution is 2.26. The minimum atomic E-state index is 0.820. The van der Waals surface area contributed by atoms with Gasteiger partial charge in [0, 0.05) is 21.1 Å². The number of nitrogens with one attached hydrogen (secondary N) is 1. The molecule has 5 heteroatoms. The van der Waals surface area contributed by atoms with Gasteiger partial charge < -0.3 is 0 Å². The Labute approximate surface area is 119 Å². The van der Waals surface area contributed by atoms with E-state index in [-0.39, 0.29) is 0 Å². The molecule has 1 aromatic heterocycles. The molecule has 1 N–H and O–H groups in total. The Morgan fingerprint density at radius 2 is 2.11 bits per heavy atom. The zero-order valence-corrected chi connectivity index (χ0v) is 12.7. The van der Waals surface area contributed by atoms with Gasteiger partial charge in [0.15, 0.2) is 0 Å². The molecule has 0 aliphatic heterocycles. The van der Waals surface area contributed by atoms with Crippen LogP contribution in [0.3, 0.4) is 0 Å². The molecule has 0 radical (unpaired) electrons. The summed E-state index contributed by atoms with van der Waals surface area (Å²) in [5.74, 6) is 0. The van der Waals surface area contributed by atoms with E-state index >= 15 is 0 Å². The van der Waals surface area contributed by atoms with E-state index in [9.17, 15) is 0 Å². The Balaban J connectivity index is 2.13. The number of aromatic nitrogens is 1. The number of nitrogens with zero attached hydrogens (tertiary/aromatic N) is 2. The largest absolute Gasteiger partial charge is 0.253 e. The summed E-state index contributed by atoms with van der Waals surface area (Å²) in [6.45, 7) is 4.08. The SMILES string of the molecule is CCC(C)=NNc1nc(-c2ccc(Br)cc2)cs1. The van der Waals surface area contributed by atoms with Gasteiger partial charge in [0.1, 0.15) is 0 Å². The van der Waals surface area contributed by atoms with Gasteiger partial charge in [0.2, 0.25) is 5.13 Å². The van der Waals surface area contributed by atoms with Gasteiger partial charge in [-0.05, 0) is 25.5 Å². The average Bonchev–Trinajstić information content (AvgIpc) is 2.85. The van der Waals surface area contributed by atoms with Gasteiger partial charge >= 0.3 is 0 Å². The van der Waals surface area contributed by atoms with Crippen molar-refractivity contribution >= 4 is 38.1 Å². The fourth-order valence-electron chi connectivity index (χ4n) is 1.30. The summed E-state index contributed by atoms with van der Waals surface area (Å²) in [7, 11) is 0. The summed E-state index contributed by atoms with van der Waals surface area (Å²) in [4.78, 5) is 4.50. The van der Waals surface area contributed by atoms with Crippen LogP contribution in [0.25, 0.3) is 11.3 Å². The van der Waals surface area contributed by atoms with E-state index in [1.165, 1.54) is 0 Å². The topological polar surface area (TPSA) is 37.3 Å². The van der Waals surface area contributed by atoms with Crippen molar-refractivity contribution in [2.24, 2.45) is 5.10 Å². The number of rotatable bonds is 4. The summed E-state index contributed by atoms with van der Waals surface area (Å²) in [6, 6.07) is 8.12. The maximum atomic E-state index is 4.50.